The number of pyridine rings is 1. The number of para-hydroxylation sites is 1. The maximum atomic E-state index is 12.7. The molecule has 0 fully saturated rings. The second-order valence-corrected chi connectivity index (χ2v) is 7.31. The van der Waals surface area contributed by atoms with Crippen molar-refractivity contribution in [3.8, 4) is 0 Å². The maximum Gasteiger partial charge on any atom is 0.265 e. The van der Waals surface area contributed by atoms with E-state index in [1.54, 1.807) is 11.8 Å². The Bertz CT molecular complexity index is 730. The van der Waals surface area contributed by atoms with Crippen molar-refractivity contribution in [1.29, 1.82) is 0 Å². The van der Waals surface area contributed by atoms with Crippen LogP contribution >= 0.6 is 11.8 Å². The van der Waals surface area contributed by atoms with E-state index in [9.17, 15) is 8.42 Å². The van der Waals surface area contributed by atoms with Crippen molar-refractivity contribution in [3.63, 3.8) is 0 Å². The first-order valence-corrected chi connectivity index (χ1v) is 8.48. The maximum absolute atomic E-state index is 12.7. The van der Waals surface area contributed by atoms with Crippen LogP contribution in [0.15, 0.2) is 52.4 Å². The Labute approximate surface area is 121 Å². The third-order valence-corrected chi connectivity index (χ3v) is 5.87. The molecule has 1 aliphatic heterocycles. The molecule has 3 rings (SSSR count). The van der Waals surface area contributed by atoms with Crippen LogP contribution in [0.5, 0.6) is 0 Å². The number of benzene rings is 1. The molecule has 2 N–H and O–H groups in total. The van der Waals surface area contributed by atoms with Crippen molar-refractivity contribution < 1.29 is 8.42 Å². The third kappa shape index (κ3) is 2.23. The van der Waals surface area contributed by atoms with Gasteiger partial charge in [-0.15, -0.1) is 11.8 Å². The summed E-state index contributed by atoms with van der Waals surface area (Å²) in [5, 5.41) is 0. The van der Waals surface area contributed by atoms with Crippen molar-refractivity contribution in [2.45, 2.75) is 9.79 Å². The number of nitrogen functional groups attached to an aromatic ring is 1. The SMILES string of the molecule is Nc1ccc(S(=O)(=O)N2CCSc3ccccc32)cn1. The van der Waals surface area contributed by atoms with Crippen molar-refractivity contribution >= 4 is 33.3 Å². The summed E-state index contributed by atoms with van der Waals surface area (Å²) in [5.41, 5.74) is 6.22. The van der Waals surface area contributed by atoms with Gasteiger partial charge in [0.1, 0.15) is 10.7 Å². The summed E-state index contributed by atoms with van der Waals surface area (Å²) >= 11 is 1.66. The van der Waals surface area contributed by atoms with Gasteiger partial charge >= 0.3 is 0 Å². The number of fused-ring (bicyclic) bond motifs is 1. The molecule has 20 heavy (non-hydrogen) atoms. The predicted molar refractivity (Wildman–Crippen MR) is 80.3 cm³/mol. The summed E-state index contributed by atoms with van der Waals surface area (Å²) in [6, 6.07) is 10.5. The number of nitrogens with zero attached hydrogens (tertiary/aromatic N) is 2. The van der Waals surface area contributed by atoms with E-state index in [1.807, 2.05) is 24.3 Å². The number of sulfonamides is 1. The molecule has 2 heterocycles. The van der Waals surface area contributed by atoms with Crippen molar-refractivity contribution in [2.24, 2.45) is 0 Å². The first kappa shape index (κ1) is 13.3. The number of hydrogen-bond donors (Lipinski definition) is 1. The highest BCUT2D eigenvalue weighted by atomic mass is 32.2. The minimum absolute atomic E-state index is 0.161. The van der Waals surface area contributed by atoms with E-state index in [2.05, 4.69) is 4.98 Å². The molecule has 0 atom stereocenters. The standard InChI is InChI=1S/C13H13N3O2S2/c14-13-6-5-10(9-15-13)20(17,18)16-7-8-19-12-4-2-1-3-11(12)16/h1-6,9H,7-8H2,(H2,14,15). The van der Waals surface area contributed by atoms with E-state index in [0.29, 0.717) is 12.4 Å². The number of thioether (sulfide) groups is 1. The first-order valence-electron chi connectivity index (χ1n) is 6.05. The highest BCUT2D eigenvalue weighted by Crippen LogP contribution is 2.37. The second kappa shape index (κ2) is 4.99. The number of anilines is 2. The van der Waals surface area contributed by atoms with E-state index in [0.717, 1.165) is 16.3 Å². The fourth-order valence-corrected chi connectivity index (χ4v) is 4.66. The van der Waals surface area contributed by atoms with E-state index >= 15 is 0 Å². The van der Waals surface area contributed by atoms with Crippen molar-refractivity contribution in [2.75, 3.05) is 22.3 Å². The van der Waals surface area contributed by atoms with Gasteiger partial charge in [0.15, 0.2) is 0 Å². The van der Waals surface area contributed by atoms with Gasteiger partial charge in [-0.1, -0.05) is 12.1 Å². The third-order valence-electron chi connectivity index (χ3n) is 3.03. The van der Waals surface area contributed by atoms with Crippen LogP contribution in [0.3, 0.4) is 0 Å². The quantitative estimate of drug-likeness (QED) is 0.918. The molecule has 0 spiro atoms. The van der Waals surface area contributed by atoms with Gasteiger partial charge in [-0.05, 0) is 24.3 Å². The molecule has 2 aromatic rings. The van der Waals surface area contributed by atoms with Crippen LogP contribution in [0, 0.1) is 0 Å². The molecule has 0 radical (unpaired) electrons. The zero-order chi connectivity index (χ0) is 14.2. The normalized spacial score (nSPS) is 14.9. The Morgan fingerprint density at radius 2 is 2.00 bits per heavy atom. The average Bonchev–Trinajstić information content (AvgIpc) is 2.47. The van der Waals surface area contributed by atoms with Gasteiger partial charge in [0.25, 0.3) is 10.0 Å². The first-order chi connectivity index (χ1) is 9.59. The molecular weight excluding hydrogens is 294 g/mol. The molecule has 1 aromatic heterocycles. The summed E-state index contributed by atoms with van der Waals surface area (Å²) in [5.74, 6) is 1.04. The molecule has 0 amide bonds. The van der Waals surface area contributed by atoms with Gasteiger partial charge in [-0.2, -0.15) is 0 Å². The van der Waals surface area contributed by atoms with E-state index in [1.165, 1.54) is 22.6 Å². The lowest BCUT2D eigenvalue weighted by atomic mass is 10.3. The highest BCUT2D eigenvalue weighted by molar-refractivity contribution is 8.00. The fourth-order valence-electron chi connectivity index (χ4n) is 2.07. The van der Waals surface area contributed by atoms with Crippen LogP contribution in [0.4, 0.5) is 11.5 Å². The largest absolute Gasteiger partial charge is 0.384 e. The van der Waals surface area contributed by atoms with Crippen LogP contribution < -0.4 is 10.0 Å². The molecule has 0 unspecified atom stereocenters. The van der Waals surface area contributed by atoms with Crippen LogP contribution in [0.1, 0.15) is 0 Å². The zero-order valence-corrected chi connectivity index (χ0v) is 12.2. The monoisotopic (exact) mass is 307 g/mol. The lowest BCUT2D eigenvalue weighted by molar-refractivity contribution is 0.591. The summed E-state index contributed by atoms with van der Waals surface area (Å²) in [6.07, 6.45) is 1.30. The summed E-state index contributed by atoms with van der Waals surface area (Å²) < 4.78 is 26.8. The minimum atomic E-state index is -3.59. The Hall–Kier alpha value is -1.73. The summed E-state index contributed by atoms with van der Waals surface area (Å²) in [6.45, 7) is 0.453. The molecule has 1 aromatic carbocycles. The van der Waals surface area contributed by atoms with Gasteiger partial charge in [-0.3, -0.25) is 4.31 Å². The molecule has 1 aliphatic rings. The molecule has 0 aliphatic carbocycles. The number of aromatic nitrogens is 1. The zero-order valence-electron chi connectivity index (χ0n) is 10.6. The molecule has 104 valence electrons. The van der Waals surface area contributed by atoms with E-state index in [4.69, 9.17) is 5.73 Å². The number of hydrogen-bond acceptors (Lipinski definition) is 5. The lowest BCUT2D eigenvalue weighted by Crippen LogP contribution is -2.35. The topological polar surface area (TPSA) is 76.3 Å². The van der Waals surface area contributed by atoms with Gasteiger partial charge in [0.2, 0.25) is 0 Å². The van der Waals surface area contributed by atoms with Crippen molar-refractivity contribution in [3.05, 3.63) is 42.6 Å². The van der Waals surface area contributed by atoms with Crippen molar-refractivity contribution in [1.82, 2.24) is 4.98 Å². The Morgan fingerprint density at radius 3 is 2.75 bits per heavy atom. The molecule has 0 saturated heterocycles. The molecule has 0 bridgehead atoms. The Kier molecular flexibility index (Phi) is 3.31. The van der Waals surface area contributed by atoms with Gasteiger partial charge in [0.05, 0.1) is 5.69 Å². The number of nitrogens with two attached hydrogens (primary N) is 1. The average molecular weight is 307 g/mol. The smallest absolute Gasteiger partial charge is 0.265 e. The summed E-state index contributed by atoms with van der Waals surface area (Å²) in [7, 11) is -3.59. The second-order valence-electron chi connectivity index (χ2n) is 4.31. The van der Waals surface area contributed by atoms with Gasteiger partial charge in [0, 0.05) is 23.4 Å². The number of rotatable bonds is 2. The lowest BCUT2D eigenvalue weighted by Gasteiger charge is -2.29. The van der Waals surface area contributed by atoms with Crippen LogP contribution in [0.25, 0.3) is 0 Å². The fraction of sp³-hybridized carbons (Fsp3) is 0.154. The molecule has 7 heteroatoms. The minimum Gasteiger partial charge on any atom is -0.384 e. The summed E-state index contributed by atoms with van der Waals surface area (Å²) in [4.78, 5) is 5.00. The van der Waals surface area contributed by atoms with Gasteiger partial charge in [-0.25, -0.2) is 13.4 Å². The Morgan fingerprint density at radius 1 is 1.20 bits per heavy atom. The van der Waals surface area contributed by atoms with Crippen LogP contribution in [-0.2, 0) is 10.0 Å². The molecular formula is C13H13N3O2S2. The van der Waals surface area contributed by atoms with Gasteiger partial charge < -0.3 is 5.73 Å². The van der Waals surface area contributed by atoms with E-state index < -0.39 is 10.0 Å². The Balaban J connectivity index is 2.07. The predicted octanol–water partition coefficient (Wildman–Crippen LogP) is 1.96. The molecule has 0 saturated carbocycles. The van der Waals surface area contributed by atoms with Crippen LogP contribution in [0.2, 0.25) is 0 Å². The molecule has 5 nitrogen and oxygen atoms in total. The van der Waals surface area contributed by atoms with Crippen LogP contribution in [-0.4, -0.2) is 25.7 Å². The van der Waals surface area contributed by atoms with E-state index in [-0.39, 0.29) is 4.90 Å². The highest BCUT2D eigenvalue weighted by Gasteiger charge is 2.29.